The molecule has 0 saturated heterocycles. The van der Waals surface area contributed by atoms with Gasteiger partial charge in [0, 0.05) is 23.2 Å². The summed E-state index contributed by atoms with van der Waals surface area (Å²) >= 11 is 0. The lowest BCUT2D eigenvalue weighted by atomic mass is 10.0. The van der Waals surface area contributed by atoms with Crippen molar-refractivity contribution in [1.82, 2.24) is 15.4 Å². The minimum Gasteiger partial charge on any atom is -0.361 e. The summed E-state index contributed by atoms with van der Waals surface area (Å²) in [5, 5.41) is 7.24. The molecule has 0 fully saturated rings. The van der Waals surface area contributed by atoms with E-state index in [-0.39, 0.29) is 18.4 Å². The minimum absolute atomic E-state index is 0.176. The van der Waals surface area contributed by atoms with Gasteiger partial charge >= 0.3 is 0 Å². The number of nitrogens with one attached hydrogen (secondary N) is 1. The molecule has 0 spiro atoms. The van der Waals surface area contributed by atoms with Crippen molar-refractivity contribution in [2.24, 2.45) is 0 Å². The third kappa shape index (κ3) is 3.91. The molecule has 1 aromatic heterocycles. The van der Waals surface area contributed by atoms with Crippen LogP contribution in [-0.4, -0.2) is 21.9 Å². The van der Waals surface area contributed by atoms with E-state index in [2.05, 4.69) is 10.5 Å². The number of carbonyl (C=O) groups excluding carboxylic acids is 2. The number of hydrogen-bond acceptors (Lipinski definition) is 4. The summed E-state index contributed by atoms with van der Waals surface area (Å²) in [7, 11) is 0. The highest BCUT2D eigenvalue weighted by molar-refractivity contribution is 6.04. The lowest BCUT2D eigenvalue weighted by Gasteiger charge is -2.25. The predicted octanol–water partition coefficient (Wildman–Crippen LogP) is 4.66. The van der Waals surface area contributed by atoms with Gasteiger partial charge in [-0.25, -0.2) is 0 Å². The molecule has 33 heavy (non-hydrogen) atoms. The zero-order valence-electron chi connectivity index (χ0n) is 18.2. The molecule has 1 aliphatic rings. The topological polar surface area (TPSA) is 75.4 Å². The fourth-order valence-corrected chi connectivity index (χ4v) is 4.27. The molecule has 3 aromatic carbocycles. The van der Waals surface area contributed by atoms with Crippen LogP contribution in [-0.2, 0) is 17.9 Å². The van der Waals surface area contributed by atoms with E-state index >= 15 is 0 Å². The van der Waals surface area contributed by atoms with Gasteiger partial charge in [-0.1, -0.05) is 84.0 Å². The lowest BCUT2D eigenvalue weighted by molar-refractivity contribution is -0.125. The zero-order chi connectivity index (χ0) is 22.8. The first-order valence-electron chi connectivity index (χ1n) is 10.9. The molecular formula is C27H23N3O3. The summed E-state index contributed by atoms with van der Waals surface area (Å²) in [6.07, 6.45) is 0. The second-order valence-electron chi connectivity index (χ2n) is 8.06. The van der Waals surface area contributed by atoms with Crippen molar-refractivity contribution >= 4 is 11.8 Å². The van der Waals surface area contributed by atoms with E-state index in [1.807, 2.05) is 85.8 Å². The maximum Gasteiger partial charge on any atom is 0.255 e. The van der Waals surface area contributed by atoms with Gasteiger partial charge in [-0.15, -0.1) is 0 Å². The minimum atomic E-state index is -0.727. The third-order valence-electron chi connectivity index (χ3n) is 5.98. The average Bonchev–Trinajstić information content (AvgIpc) is 3.36. The maximum absolute atomic E-state index is 13.4. The molecule has 2 amide bonds. The predicted molar refractivity (Wildman–Crippen MR) is 124 cm³/mol. The molecule has 6 heteroatoms. The van der Waals surface area contributed by atoms with Crippen molar-refractivity contribution in [1.29, 1.82) is 0 Å². The maximum atomic E-state index is 13.4. The van der Waals surface area contributed by atoms with Gasteiger partial charge in [0.1, 0.15) is 17.5 Å². The van der Waals surface area contributed by atoms with Gasteiger partial charge in [-0.05, 0) is 24.1 Å². The molecule has 1 unspecified atom stereocenters. The number of aromatic nitrogens is 1. The van der Waals surface area contributed by atoms with Gasteiger partial charge in [-0.3, -0.25) is 9.59 Å². The SMILES string of the molecule is Cc1onc(-c2ccccc2)c1CN1C(=O)c2ccccc2C1C(=O)NCc1ccccc1. The quantitative estimate of drug-likeness (QED) is 0.476. The van der Waals surface area contributed by atoms with Crippen molar-refractivity contribution < 1.29 is 14.1 Å². The molecule has 164 valence electrons. The van der Waals surface area contributed by atoms with Gasteiger partial charge in [0.2, 0.25) is 5.91 Å². The van der Waals surface area contributed by atoms with Crippen LogP contribution in [0.3, 0.4) is 0 Å². The van der Waals surface area contributed by atoms with Gasteiger partial charge in [0.15, 0.2) is 0 Å². The largest absolute Gasteiger partial charge is 0.361 e. The normalized spacial score (nSPS) is 14.9. The fourth-order valence-electron chi connectivity index (χ4n) is 4.27. The van der Waals surface area contributed by atoms with E-state index in [1.54, 1.807) is 11.0 Å². The Morgan fingerprint density at radius 3 is 2.39 bits per heavy atom. The molecule has 1 aliphatic heterocycles. The van der Waals surface area contributed by atoms with Gasteiger partial charge in [0.25, 0.3) is 5.91 Å². The molecule has 2 heterocycles. The summed E-state index contributed by atoms with van der Waals surface area (Å²) < 4.78 is 5.49. The Hall–Kier alpha value is -4.19. The summed E-state index contributed by atoms with van der Waals surface area (Å²) in [6, 6.07) is 26.0. The van der Waals surface area contributed by atoms with Crippen molar-refractivity contribution in [2.45, 2.75) is 26.1 Å². The number of carbonyl (C=O) groups is 2. The molecule has 0 bridgehead atoms. The highest BCUT2D eigenvalue weighted by Gasteiger charge is 2.41. The van der Waals surface area contributed by atoms with Crippen molar-refractivity contribution in [3.05, 3.63) is 113 Å². The highest BCUT2D eigenvalue weighted by Crippen LogP contribution is 2.37. The van der Waals surface area contributed by atoms with Crippen molar-refractivity contribution in [3.63, 3.8) is 0 Å². The van der Waals surface area contributed by atoms with E-state index in [4.69, 9.17) is 4.52 Å². The lowest BCUT2D eigenvalue weighted by Crippen LogP contribution is -2.38. The number of hydrogen-bond donors (Lipinski definition) is 1. The van der Waals surface area contributed by atoms with Crippen molar-refractivity contribution in [2.75, 3.05) is 0 Å². The average molecular weight is 437 g/mol. The summed E-state index contributed by atoms with van der Waals surface area (Å²) in [5.74, 6) is 0.235. The van der Waals surface area contributed by atoms with Gasteiger partial charge < -0.3 is 14.7 Å². The Bertz CT molecular complexity index is 1300. The fraction of sp³-hybridized carbons (Fsp3) is 0.148. The van der Waals surface area contributed by atoms with E-state index in [0.717, 1.165) is 16.7 Å². The number of fused-ring (bicyclic) bond motifs is 1. The number of nitrogens with zero attached hydrogens (tertiary/aromatic N) is 2. The molecule has 1 N–H and O–H groups in total. The molecule has 4 aromatic rings. The van der Waals surface area contributed by atoms with Crippen LogP contribution in [0.25, 0.3) is 11.3 Å². The number of benzene rings is 3. The highest BCUT2D eigenvalue weighted by atomic mass is 16.5. The second-order valence-corrected chi connectivity index (χ2v) is 8.06. The third-order valence-corrected chi connectivity index (χ3v) is 5.98. The molecular weight excluding hydrogens is 414 g/mol. The van der Waals surface area contributed by atoms with E-state index in [1.165, 1.54) is 0 Å². The van der Waals surface area contributed by atoms with Crippen LogP contribution in [0.15, 0.2) is 89.5 Å². The number of aryl methyl sites for hydroxylation is 1. The van der Waals surface area contributed by atoms with Crippen LogP contribution in [0.1, 0.15) is 38.9 Å². The van der Waals surface area contributed by atoms with E-state index in [0.29, 0.717) is 29.1 Å². The van der Waals surface area contributed by atoms with Gasteiger partial charge in [-0.2, -0.15) is 0 Å². The van der Waals surface area contributed by atoms with Crippen molar-refractivity contribution in [3.8, 4) is 11.3 Å². The van der Waals surface area contributed by atoms with Crippen LogP contribution >= 0.6 is 0 Å². The zero-order valence-corrected chi connectivity index (χ0v) is 18.2. The molecule has 1 atom stereocenters. The Kier molecular flexibility index (Phi) is 5.48. The summed E-state index contributed by atoms with van der Waals surface area (Å²) in [5.41, 5.74) is 4.63. The van der Waals surface area contributed by atoms with Crippen LogP contribution < -0.4 is 5.32 Å². The van der Waals surface area contributed by atoms with E-state index < -0.39 is 6.04 Å². The Morgan fingerprint density at radius 1 is 0.970 bits per heavy atom. The molecule has 5 rings (SSSR count). The van der Waals surface area contributed by atoms with Gasteiger partial charge in [0.05, 0.1) is 6.54 Å². The monoisotopic (exact) mass is 437 g/mol. The Morgan fingerprint density at radius 2 is 1.64 bits per heavy atom. The number of amides is 2. The van der Waals surface area contributed by atoms with Crippen LogP contribution in [0.4, 0.5) is 0 Å². The first-order valence-corrected chi connectivity index (χ1v) is 10.9. The second kappa shape index (κ2) is 8.74. The van der Waals surface area contributed by atoms with Crippen LogP contribution in [0.2, 0.25) is 0 Å². The van der Waals surface area contributed by atoms with E-state index in [9.17, 15) is 9.59 Å². The molecule has 0 saturated carbocycles. The smallest absolute Gasteiger partial charge is 0.255 e. The first kappa shape index (κ1) is 20.7. The Balaban J connectivity index is 1.47. The van der Waals surface area contributed by atoms with Crippen LogP contribution in [0, 0.1) is 6.92 Å². The summed E-state index contributed by atoms with van der Waals surface area (Å²) in [4.78, 5) is 28.3. The molecule has 0 aliphatic carbocycles. The van der Waals surface area contributed by atoms with Crippen LogP contribution in [0.5, 0.6) is 0 Å². The molecule has 0 radical (unpaired) electrons. The first-order chi connectivity index (χ1) is 16.1. The number of rotatable bonds is 6. The standard InChI is InChI=1S/C27H23N3O3/c1-18-23(24(29-33-18)20-12-6-3-7-13-20)17-30-25(21-14-8-9-15-22(21)27(30)32)26(31)28-16-19-10-4-2-5-11-19/h2-15,25H,16-17H2,1H3,(H,28,31). The summed E-state index contributed by atoms with van der Waals surface area (Å²) in [6.45, 7) is 2.44. The Labute approximate surface area is 191 Å². The molecule has 6 nitrogen and oxygen atoms in total.